The normalized spacial score (nSPS) is 13.3. The highest BCUT2D eigenvalue weighted by atomic mass is 16.6. The maximum absolute atomic E-state index is 11.7. The van der Waals surface area contributed by atoms with Crippen molar-refractivity contribution in [3.63, 3.8) is 0 Å². The summed E-state index contributed by atoms with van der Waals surface area (Å²) in [5.41, 5.74) is 0. The van der Waals surface area contributed by atoms with Crippen LogP contribution in [0.5, 0.6) is 0 Å². The van der Waals surface area contributed by atoms with Crippen molar-refractivity contribution in [1.82, 2.24) is 0 Å². The molecule has 0 aliphatic rings. The van der Waals surface area contributed by atoms with Crippen LogP contribution >= 0.6 is 0 Å². The lowest BCUT2D eigenvalue weighted by Crippen LogP contribution is -2.32. The van der Waals surface area contributed by atoms with Gasteiger partial charge in [-0.1, -0.05) is 20.8 Å². The summed E-state index contributed by atoms with van der Waals surface area (Å²) in [6.45, 7) is 5.90. The van der Waals surface area contributed by atoms with E-state index >= 15 is 0 Å². The van der Waals surface area contributed by atoms with E-state index in [1.807, 2.05) is 6.92 Å². The fourth-order valence-electron chi connectivity index (χ4n) is 1.48. The van der Waals surface area contributed by atoms with Gasteiger partial charge < -0.3 is 19.5 Å². The quantitative estimate of drug-likeness (QED) is 0.377. The highest BCUT2D eigenvalue weighted by molar-refractivity contribution is 6.45. The maximum Gasteiger partial charge on any atom is 0.457 e. The molecule has 0 aromatic heterocycles. The van der Waals surface area contributed by atoms with E-state index in [0.717, 1.165) is 0 Å². The number of carbonyl (C=O) groups is 1. The molecule has 0 rings (SSSR count). The predicted octanol–water partition coefficient (Wildman–Crippen LogP) is 0.845. The Balaban J connectivity index is 4.27. The number of esters is 1. The lowest BCUT2D eigenvalue weighted by atomic mass is 9.57. The third kappa shape index (κ3) is 6.05. The van der Waals surface area contributed by atoms with Crippen molar-refractivity contribution in [1.29, 1.82) is 0 Å². The Kier molecular flexibility index (Phi) is 7.42. The van der Waals surface area contributed by atoms with Crippen LogP contribution in [-0.2, 0) is 14.3 Å². The average Bonchev–Trinajstić information content (AvgIpc) is 2.25. The Hall–Kier alpha value is -0.585. The van der Waals surface area contributed by atoms with Gasteiger partial charge in [-0.3, -0.25) is 4.79 Å². The first-order valence-corrected chi connectivity index (χ1v) is 5.86. The van der Waals surface area contributed by atoms with Crippen LogP contribution in [0.4, 0.5) is 0 Å². The van der Waals surface area contributed by atoms with Gasteiger partial charge in [0, 0.05) is 12.4 Å². The largest absolute Gasteiger partial charge is 0.463 e. The van der Waals surface area contributed by atoms with Crippen molar-refractivity contribution in [2.45, 2.75) is 38.9 Å². The number of hydrogen-bond acceptors (Lipinski definition) is 5. The first-order chi connectivity index (χ1) is 7.85. The van der Waals surface area contributed by atoms with Crippen LogP contribution in [0.25, 0.3) is 0 Å². The van der Waals surface area contributed by atoms with Gasteiger partial charge in [-0.25, -0.2) is 0 Å². The van der Waals surface area contributed by atoms with Gasteiger partial charge in [0.25, 0.3) is 0 Å². The van der Waals surface area contributed by atoms with E-state index in [1.54, 1.807) is 13.8 Å². The first-order valence-electron chi connectivity index (χ1n) is 5.86. The fraction of sp³-hybridized carbons (Fsp3) is 0.909. The topological polar surface area (TPSA) is 76.0 Å². The fourth-order valence-corrected chi connectivity index (χ4v) is 1.48. The highest BCUT2D eigenvalue weighted by Gasteiger charge is 2.36. The molecule has 1 unspecified atom stereocenters. The molecule has 0 amide bonds. The highest BCUT2D eigenvalue weighted by Crippen LogP contribution is 2.35. The standard InChI is InChI=1S/C11H23BO5/c1-5-9(8-11(2,3)12(14)15)10(13)17-7-6-16-4/h9,14-15H,5-8H2,1-4H3. The van der Waals surface area contributed by atoms with Gasteiger partial charge in [0.15, 0.2) is 0 Å². The van der Waals surface area contributed by atoms with Crippen LogP contribution in [0.2, 0.25) is 5.31 Å². The third-order valence-electron chi connectivity index (χ3n) is 2.83. The molecule has 0 aromatic carbocycles. The van der Waals surface area contributed by atoms with Gasteiger partial charge in [0.1, 0.15) is 6.61 Å². The van der Waals surface area contributed by atoms with Crippen molar-refractivity contribution >= 4 is 13.1 Å². The van der Waals surface area contributed by atoms with Crippen LogP contribution in [0, 0.1) is 5.92 Å². The molecular formula is C11H23BO5. The summed E-state index contributed by atoms with van der Waals surface area (Å²) in [7, 11) is 0.0967. The summed E-state index contributed by atoms with van der Waals surface area (Å²) in [6, 6.07) is 0. The third-order valence-corrected chi connectivity index (χ3v) is 2.83. The lowest BCUT2D eigenvalue weighted by molar-refractivity contribution is -0.150. The Labute approximate surface area is 103 Å². The van der Waals surface area contributed by atoms with Crippen LogP contribution in [-0.4, -0.2) is 43.5 Å². The zero-order valence-electron chi connectivity index (χ0n) is 11.1. The Morgan fingerprint density at radius 3 is 2.35 bits per heavy atom. The van der Waals surface area contributed by atoms with Gasteiger partial charge >= 0.3 is 13.1 Å². The van der Waals surface area contributed by atoms with Crippen LogP contribution in [0.1, 0.15) is 33.6 Å². The van der Waals surface area contributed by atoms with Gasteiger partial charge in [-0.15, -0.1) is 0 Å². The molecule has 5 nitrogen and oxygen atoms in total. The molecule has 0 spiro atoms. The summed E-state index contributed by atoms with van der Waals surface area (Å²) in [6.07, 6.45) is 0.995. The first kappa shape index (κ1) is 16.4. The zero-order chi connectivity index (χ0) is 13.5. The molecule has 1 atom stereocenters. The van der Waals surface area contributed by atoms with Gasteiger partial charge in [-0.05, 0) is 12.8 Å². The van der Waals surface area contributed by atoms with Crippen molar-refractivity contribution in [2.75, 3.05) is 20.3 Å². The number of carbonyl (C=O) groups excluding carboxylic acids is 1. The minimum absolute atomic E-state index is 0.230. The molecule has 6 heteroatoms. The van der Waals surface area contributed by atoms with Crippen LogP contribution < -0.4 is 0 Å². The summed E-state index contributed by atoms with van der Waals surface area (Å²) in [5, 5.41) is 17.7. The number of ether oxygens (including phenoxy) is 2. The van der Waals surface area contributed by atoms with E-state index in [0.29, 0.717) is 19.4 Å². The Morgan fingerprint density at radius 2 is 1.94 bits per heavy atom. The molecule has 2 N–H and O–H groups in total. The molecule has 0 saturated heterocycles. The molecule has 0 aromatic rings. The van der Waals surface area contributed by atoms with Crippen LogP contribution in [0.3, 0.4) is 0 Å². The van der Waals surface area contributed by atoms with Gasteiger partial charge in [0.05, 0.1) is 12.5 Å². The average molecular weight is 246 g/mol. The van der Waals surface area contributed by atoms with E-state index in [9.17, 15) is 14.8 Å². The summed E-state index contributed by atoms with van der Waals surface area (Å²) in [4.78, 5) is 11.7. The van der Waals surface area contributed by atoms with E-state index in [-0.39, 0.29) is 18.5 Å². The predicted molar refractivity (Wildman–Crippen MR) is 65.5 cm³/mol. The molecular weight excluding hydrogens is 223 g/mol. The maximum atomic E-state index is 11.7. The SMILES string of the molecule is CCC(CC(C)(C)B(O)O)C(=O)OCCOC. The molecule has 17 heavy (non-hydrogen) atoms. The molecule has 0 heterocycles. The number of hydrogen-bond donors (Lipinski definition) is 2. The summed E-state index contributed by atoms with van der Waals surface area (Å²) >= 11 is 0. The van der Waals surface area contributed by atoms with E-state index < -0.39 is 12.4 Å². The van der Waals surface area contributed by atoms with E-state index in [1.165, 1.54) is 7.11 Å². The molecule has 0 aliphatic heterocycles. The number of methoxy groups -OCH3 is 1. The molecule has 100 valence electrons. The van der Waals surface area contributed by atoms with E-state index in [4.69, 9.17) is 9.47 Å². The molecule has 0 radical (unpaired) electrons. The number of rotatable bonds is 8. The lowest BCUT2D eigenvalue weighted by Gasteiger charge is -2.27. The van der Waals surface area contributed by atoms with E-state index in [2.05, 4.69) is 0 Å². The monoisotopic (exact) mass is 246 g/mol. The van der Waals surface area contributed by atoms with Crippen molar-refractivity contribution in [3.8, 4) is 0 Å². The second-order valence-corrected chi connectivity index (χ2v) is 4.83. The summed E-state index contributed by atoms with van der Waals surface area (Å²) < 4.78 is 9.82. The second-order valence-electron chi connectivity index (χ2n) is 4.83. The van der Waals surface area contributed by atoms with Crippen molar-refractivity contribution < 1.29 is 24.3 Å². The molecule has 0 bridgehead atoms. The second kappa shape index (κ2) is 7.69. The van der Waals surface area contributed by atoms with Crippen LogP contribution in [0.15, 0.2) is 0 Å². The molecule has 0 saturated carbocycles. The van der Waals surface area contributed by atoms with Crippen molar-refractivity contribution in [3.05, 3.63) is 0 Å². The Morgan fingerprint density at radius 1 is 1.35 bits per heavy atom. The summed E-state index contributed by atoms with van der Waals surface area (Å²) in [5.74, 6) is -0.623. The van der Waals surface area contributed by atoms with Crippen molar-refractivity contribution in [2.24, 2.45) is 5.92 Å². The zero-order valence-corrected chi connectivity index (χ0v) is 11.1. The minimum Gasteiger partial charge on any atom is -0.463 e. The Bertz CT molecular complexity index is 230. The van der Waals surface area contributed by atoms with Gasteiger partial charge in [0.2, 0.25) is 0 Å². The smallest absolute Gasteiger partial charge is 0.457 e. The molecule has 0 fully saturated rings. The minimum atomic E-state index is -1.44. The molecule has 0 aliphatic carbocycles. The van der Waals surface area contributed by atoms with Gasteiger partial charge in [-0.2, -0.15) is 0 Å².